The summed E-state index contributed by atoms with van der Waals surface area (Å²) in [6.07, 6.45) is 2.39. The van der Waals surface area contributed by atoms with Gasteiger partial charge in [0.25, 0.3) is 0 Å². The van der Waals surface area contributed by atoms with Crippen LogP contribution in [0.2, 0.25) is 0 Å². The highest BCUT2D eigenvalue weighted by Crippen LogP contribution is 2.38. The van der Waals surface area contributed by atoms with Crippen molar-refractivity contribution in [1.82, 2.24) is 10.2 Å². The fourth-order valence-electron chi connectivity index (χ4n) is 3.52. The van der Waals surface area contributed by atoms with Gasteiger partial charge in [-0.25, -0.2) is 0 Å². The molecule has 0 amide bonds. The second-order valence-corrected chi connectivity index (χ2v) is 6.62. The first-order valence-electron chi connectivity index (χ1n) is 8.35. The molecule has 5 nitrogen and oxygen atoms in total. The van der Waals surface area contributed by atoms with Crippen LogP contribution >= 0.6 is 24.0 Å². The highest BCUT2D eigenvalue weighted by atomic mass is 127. The van der Waals surface area contributed by atoms with Crippen LogP contribution in [0.3, 0.4) is 0 Å². The average Bonchev–Trinajstić information content (AvgIpc) is 3.20. The van der Waals surface area contributed by atoms with Crippen molar-refractivity contribution in [2.45, 2.75) is 26.0 Å². The molecule has 1 unspecified atom stereocenters. The Hall–Kier alpha value is -0.860. The van der Waals surface area contributed by atoms with Crippen molar-refractivity contribution >= 4 is 29.9 Å². The first kappa shape index (κ1) is 19.5. The molecule has 134 valence electrons. The van der Waals surface area contributed by atoms with Crippen LogP contribution < -0.4 is 5.32 Å². The van der Waals surface area contributed by atoms with Crippen LogP contribution in [0.1, 0.15) is 24.0 Å². The molecule has 2 saturated heterocycles. The van der Waals surface area contributed by atoms with Gasteiger partial charge in [0.1, 0.15) is 0 Å². The second kappa shape index (κ2) is 9.01. The number of ether oxygens (including phenoxy) is 2. The summed E-state index contributed by atoms with van der Waals surface area (Å²) in [4.78, 5) is 6.83. The Balaban J connectivity index is 0.00000208. The van der Waals surface area contributed by atoms with E-state index in [0.717, 1.165) is 38.8 Å². The van der Waals surface area contributed by atoms with Crippen molar-refractivity contribution in [2.24, 2.45) is 10.4 Å². The van der Waals surface area contributed by atoms with Crippen molar-refractivity contribution in [2.75, 3.05) is 40.5 Å². The maximum absolute atomic E-state index is 5.61. The zero-order chi connectivity index (χ0) is 16.1. The van der Waals surface area contributed by atoms with Crippen molar-refractivity contribution in [3.8, 4) is 0 Å². The van der Waals surface area contributed by atoms with Gasteiger partial charge in [0.05, 0.1) is 13.2 Å². The van der Waals surface area contributed by atoms with Gasteiger partial charge in [-0.05, 0) is 24.0 Å². The van der Waals surface area contributed by atoms with Crippen LogP contribution in [0.15, 0.2) is 29.3 Å². The van der Waals surface area contributed by atoms with Crippen LogP contribution in [0.25, 0.3) is 0 Å². The maximum Gasteiger partial charge on any atom is 0.193 e. The van der Waals surface area contributed by atoms with Gasteiger partial charge in [-0.3, -0.25) is 4.99 Å². The molecule has 2 heterocycles. The normalized spacial score (nSPS) is 23.6. The number of methoxy groups -OCH3 is 1. The van der Waals surface area contributed by atoms with E-state index in [-0.39, 0.29) is 24.0 Å². The Kier molecular flexibility index (Phi) is 7.31. The van der Waals surface area contributed by atoms with Crippen molar-refractivity contribution in [3.05, 3.63) is 35.4 Å². The minimum Gasteiger partial charge on any atom is -0.381 e. The molecule has 2 aliphatic heterocycles. The minimum absolute atomic E-state index is 0. The molecule has 2 aliphatic rings. The lowest BCUT2D eigenvalue weighted by Crippen LogP contribution is -2.41. The van der Waals surface area contributed by atoms with E-state index in [2.05, 4.69) is 39.5 Å². The highest BCUT2D eigenvalue weighted by Gasteiger charge is 2.42. The first-order chi connectivity index (χ1) is 11.2. The number of guanidine groups is 1. The number of halogens is 1. The van der Waals surface area contributed by atoms with E-state index in [1.807, 2.05) is 7.05 Å². The molecular formula is C18H28IN3O2. The topological polar surface area (TPSA) is 46.1 Å². The molecule has 0 aliphatic carbocycles. The number of nitrogens with zero attached hydrogens (tertiary/aromatic N) is 2. The molecule has 0 saturated carbocycles. The summed E-state index contributed by atoms with van der Waals surface area (Å²) in [5, 5.41) is 3.49. The molecule has 3 rings (SSSR count). The van der Waals surface area contributed by atoms with Crippen LogP contribution in [0.4, 0.5) is 0 Å². The Morgan fingerprint density at radius 2 is 2.04 bits per heavy atom. The number of aliphatic imine (C=N–C) groups is 1. The SMILES string of the molecule is CN=C(NCc1ccc(COC)cc1)N1CCC2(CCOC2)C1.I. The summed E-state index contributed by atoms with van der Waals surface area (Å²) in [5.41, 5.74) is 2.81. The number of hydrogen-bond donors (Lipinski definition) is 1. The number of likely N-dealkylation sites (tertiary alicyclic amines) is 1. The third-order valence-corrected chi connectivity index (χ3v) is 4.92. The molecule has 0 radical (unpaired) electrons. The highest BCUT2D eigenvalue weighted by molar-refractivity contribution is 14.0. The van der Waals surface area contributed by atoms with E-state index in [0.29, 0.717) is 12.0 Å². The molecule has 24 heavy (non-hydrogen) atoms. The molecular weight excluding hydrogens is 417 g/mol. The zero-order valence-electron chi connectivity index (χ0n) is 14.6. The lowest BCUT2D eigenvalue weighted by atomic mass is 9.87. The third-order valence-electron chi connectivity index (χ3n) is 4.92. The fraction of sp³-hybridized carbons (Fsp3) is 0.611. The Morgan fingerprint density at radius 3 is 2.67 bits per heavy atom. The van der Waals surface area contributed by atoms with E-state index >= 15 is 0 Å². The van der Waals surface area contributed by atoms with Crippen LogP contribution in [-0.4, -0.2) is 51.3 Å². The van der Waals surface area contributed by atoms with Crippen LogP contribution in [0.5, 0.6) is 0 Å². The Labute approximate surface area is 161 Å². The average molecular weight is 445 g/mol. The lowest BCUT2D eigenvalue weighted by Gasteiger charge is -2.25. The molecule has 1 aromatic carbocycles. The minimum atomic E-state index is 0. The van der Waals surface area contributed by atoms with Gasteiger partial charge in [-0.15, -0.1) is 24.0 Å². The van der Waals surface area contributed by atoms with Crippen molar-refractivity contribution < 1.29 is 9.47 Å². The largest absolute Gasteiger partial charge is 0.381 e. The van der Waals surface area contributed by atoms with Gasteiger partial charge in [-0.1, -0.05) is 24.3 Å². The zero-order valence-corrected chi connectivity index (χ0v) is 16.9. The van der Waals surface area contributed by atoms with E-state index in [9.17, 15) is 0 Å². The van der Waals surface area contributed by atoms with Gasteiger partial charge in [0.15, 0.2) is 5.96 Å². The van der Waals surface area contributed by atoms with Crippen LogP contribution in [0, 0.1) is 5.41 Å². The molecule has 0 aromatic heterocycles. The predicted molar refractivity (Wildman–Crippen MR) is 107 cm³/mol. The number of nitrogens with one attached hydrogen (secondary N) is 1. The van der Waals surface area contributed by atoms with Gasteiger partial charge < -0.3 is 19.7 Å². The number of benzene rings is 1. The quantitative estimate of drug-likeness (QED) is 0.440. The molecule has 2 fully saturated rings. The molecule has 1 N–H and O–H groups in total. The maximum atomic E-state index is 5.61. The summed E-state index contributed by atoms with van der Waals surface area (Å²) < 4.78 is 10.8. The number of hydrogen-bond acceptors (Lipinski definition) is 3. The molecule has 0 bridgehead atoms. The first-order valence-corrected chi connectivity index (χ1v) is 8.35. The van der Waals surface area contributed by atoms with E-state index in [4.69, 9.17) is 9.47 Å². The summed E-state index contributed by atoms with van der Waals surface area (Å²) in [7, 11) is 3.58. The monoisotopic (exact) mass is 445 g/mol. The summed E-state index contributed by atoms with van der Waals surface area (Å²) >= 11 is 0. The van der Waals surface area contributed by atoms with Gasteiger partial charge in [0.2, 0.25) is 0 Å². The van der Waals surface area contributed by atoms with E-state index in [1.54, 1.807) is 7.11 Å². The van der Waals surface area contributed by atoms with E-state index in [1.165, 1.54) is 24.0 Å². The van der Waals surface area contributed by atoms with Crippen molar-refractivity contribution in [1.29, 1.82) is 0 Å². The van der Waals surface area contributed by atoms with E-state index < -0.39 is 0 Å². The van der Waals surface area contributed by atoms with Gasteiger partial charge in [0, 0.05) is 45.8 Å². The van der Waals surface area contributed by atoms with Gasteiger partial charge >= 0.3 is 0 Å². The van der Waals surface area contributed by atoms with Crippen molar-refractivity contribution in [3.63, 3.8) is 0 Å². The Bertz CT molecular complexity index is 542. The Morgan fingerprint density at radius 1 is 1.29 bits per heavy atom. The molecule has 1 atom stereocenters. The third kappa shape index (κ3) is 4.61. The number of rotatable bonds is 4. The summed E-state index contributed by atoms with van der Waals surface area (Å²) in [6, 6.07) is 8.52. The summed E-state index contributed by atoms with van der Waals surface area (Å²) in [5.74, 6) is 0.995. The lowest BCUT2D eigenvalue weighted by molar-refractivity contribution is 0.156. The summed E-state index contributed by atoms with van der Waals surface area (Å²) in [6.45, 7) is 5.39. The standard InChI is InChI=1S/C18H27N3O2.HI/c1-19-17(21-9-7-18(13-21)8-10-23-14-18)20-11-15-3-5-16(6-4-15)12-22-2;/h3-6H,7-14H2,1-2H3,(H,19,20);1H. The molecule has 6 heteroatoms. The molecule has 1 spiro atoms. The second-order valence-electron chi connectivity index (χ2n) is 6.62. The molecule has 1 aromatic rings. The predicted octanol–water partition coefficient (Wildman–Crippen LogP) is 2.64. The smallest absolute Gasteiger partial charge is 0.193 e. The fourth-order valence-corrected chi connectivity index (χ4v) is 3.52. The van der Waals surface area contributed by atoms with Crippen LogP contribution in [-0.2, 0) is 22.6 Å². The van der Waals surface area contributed by atoms with Gasteiger partial charge in [-0.2, -0.15) is 0 Å².